The maximum Gasteiger partial charge on any atom is 0.132 e. The lowest BCUT2D eigenvalue weighted by atomic mass is 10.3. The fourth-order valence-corrected chi connectivity index (χ4v) is 2.03. The predicted molar refractivity (Wildman–Crippen MR) is 66.4 cm³/mol. The van der Waals surface area contributed by atoms with E-state index in [1.807, 2.05) is 6.07 Å². The number of aliphatic hydroxyl groups is 1. The van der Waals surface area contributed by atoms with Crippen molar-refractivity contribution in [2.24, 2.45) is 0 Å². The van der Waals surface area contributed by atoms with Gasteiger partial charge in [0.05, 0.1) is 12.1 Å². The molecule has 16 heavy (non-hydrogen) atoms. The van der Waals surface area contributed by atoms with Crippen LogP contribution in [0.15, 0.2) is 10.7 Å². The lowest BCUT2D eigenvalue weighted by molar-refractivity contribution is 0.266. The van der Waals surface area contributed by atoms with Crippen LogP contribution in [0.4, 0.5) is 5.82 Å². The van der Waals surface area contributed by atoms with Crippen LogP contribution in [0.1, 0.15) is 32.0 Å². The molecule has 0 atom stereocenters. The molecular weight excluding hydrogens is 270 g/mol. The van der Waals surface area contributed by atoms with Gasteiger partial charge < -0.3 is 10.4 Å². The second-order valence-electron chi connectivity index (χ2n) is 4.31. The summed E-state index contributed by atoms with van der Waals surface area (Å²) >= 11 is 3.38. The fraction of sp³-hybridized carbons (Fsp3) is 0.636. The Bertz CT molecular complexity index is 379. The summed E-state index contributed by atoms with van der Waals surface area (Å²) in [6.07, 6.45) is 3.92. The monoisotopic (exact) mass is 285 g/mol. The number of aromatic nitrogens is 2. The summed E-state index contributed by atoms with van der Waals surface area (Å²) in [6, 6.07) is 1.86. The average molecular weight is 286 g/mol. The van der Waals surface area contributed by atoms with Gasteiger partial charge in [-0.25, -0.2) is 9.97 Å². The molecule has 1 aliphatic carbocycles. The number of halogens is 1. The molecule has 1 saturated carbocycles. The topological polar surface area (TPSA) is 58.0 Å². The third-order valence-electron chi connectivity index (χ3n) is 2.76. The Morgan fingerprint density at radius 2 is 2.25 bits per heavy atom. The second-order valence-corrected chi connectivity index (χ2v) is 5.12. The molecular formula is C11H16BrN3O. The Kier molecular flexibility index (Phi) is 3.44. The molecule has 1 fully saturated rings. The molecule has 0 spiro atoms. The van der Waals surface area contributed by atoms with Crippen LogP contribution in [-0.4, -0.2) is 27.2 Å². The minimum absolute atomic E-state index is 0.128. The first-order valence-corrected chi connectivity index (χ1v) is 6.39. The SMILES string of the molecule is CCCc1nc(Br)cc(NC2(CO)CC2)n1. The third-order valence-corrected chi connectivity index (χ3v) is 3.17. The van der Waals surface area contributed by atoms with Gasteiger partial charge >= 0.3 is 0 Å². The van der Waals surface area contributed by atoms with Crippen molar-refractivity contribution < 1.29 is 5.11 Å². The molecule has 1 heterocycles. The number of aliphatic hydroxyl groups excluding tert-OH is 1. The quantitative estimate of drug-likeness (QED) is 0.814. The van der Waals surface area contributed by atoms with Gasteiger partial charge in [-0.05, 0) is 35.2 Å². The summed E-state index contributed by atoms with van der Waals surface area (Å²) < 4.78 is 0.794. The summed E-state index contributed by atoms with van der Waals surface area (Å²) in [5.74, 6) is 1.64. The normalized spacial score (nSPS) is 17.2. The zero-order valence-corrected chi connectivity index (χ0v) is 10.9. The molecule has 5 heteroatoms. The number of anilines is 1. The zero-order valence-electron chi connectivity index (χ0n) is 9.33. The van der Waals surface area contributed by atoms with Crippen LogP contribution in [0.5, 0.6) is 0 Å². The highest BCUT2D eigenvalue weighted by molar-refractivity contribution is 9.10. The van der Waals surface area contributed by atoms with Crippen molar-refractivity contribution in [3.63, 3.8) is 0 Å². The van der Waals surface area contributed by atoms with Gasteiger partial charge in [0.2, 0.25) is 0 Å². The number of nitrogens with zero attached hydrogens (tertiary/aromatic N) is 2. The van der Waals surface area contributed by atoms with Gasteiger partial charge in [-0.2, -0.15) is 0 Å². The number of hydrogen-bond acceptors (Lipinski definition) is 4. The lowest BCUT2D eigenvalue weighted by Crippen LogP contribution is -2.26. The van der Waals surface area contributed by atoms with Crippen LogP contribution >= 0.6 is 15.9 Å². The summed E-state index contributed by atoms with van der Waals surface area (Å²) in [5.41, 5.74) is -0.128. The second kappa shape index (κ2) is 4.67. The molecule has 0 unspecified atom stereocenters. The number of hydrogen-bond donors (Lipinski definition) is 2. The zero-order chi connectivity index (χ0) is 11.6. The average Bonchev–Trinajstić information content (AvgIpc) is 2.98. The Morgan fingerprint density at radius 1 is 1.50 bits per heavy atom. The highest BCUT2D eigenvalue weighted by atomic mass is 79.9. The van der Waals surface area contributed by atoms with E-state index in [4.69, 9.17) is 0 Å². The maximum atomic E-state index is 9.24. The van der Waals surface area contributed by atoms with Crippen LogP contribution in [-0.2, 0) is 6.42 Å². The van der Waals surface area contributed by atoms with Crippen LogP contribution in [0.3, 0.4) is 0 Å². The Labute approximate surface area is 104 Å². The largest absolute Gasteiger partial charge is 0.394 e. The minimum atomic E-state index is -0.128. The van der Waals surface area contributed by atoms with Gasteiger partial charge in [0, 0.05) is 12.5 Å². The van der Waals surface area contributed by atoms with E-state index in [1.165, 1.54) is 0 Å². The fourth-order valence-electron chi connectivity index (χ4n) is 1.61. The van der Waals surface area contributed by atoms with E-state index in [1.54, 1.807) is 0 Å². The van der Waals surface area contributed by atoms with Crippen LogP contribution in [0.25, 0.3) is 0 Å². The van der Waals surface area contributed by atoms with Crippen molar-refractivity contribution in [2.45, 2.75) is 38.1 Å². The summed E-state index contributed by atoms with van der Waals surface area (Å²) in [7, 11) is 0. The minimum Gasteiger partial charge on any atom is -0.394 e. The molecule has 0 aromatic carbocycles. The van der Waals surface area contributed by atoms with E-state index in [9.17, 15) is 5.11 Å². The van der Waals surface area contributed by atoms with Gasteiger partial charge in [0.1, 0.15) is 16.2 Å². The van der Waals surface area contributed by atoms with Crippen LogP contribution in [0.2, 0.25) is 0 Å². The van der Waals surface area contributed by atoms with E-state index >= 15 is 0 Å². The molecule has 88 valence electrons. The van der Waals surface area contributed by atoms with Crippen LogP contribution in [0, 0.1) is 0 Å². The Hall–Kier alpha value is -0.680. The number of aryl methyl sites for hydroxylation is 1. The van der Waals surface area contributed by atoms with E-state index in [0.717, 1.165) is 41.9 Å². The molecule has 2 rings (SSSR count). The third kappa shape index (κ3) is 2.71. The molecule has 2 N–H and O–H groups in total. The lowest BCUT2D eigenvalue weighted by Gasteiger charge is -2.15. The summed E-state index contributed by atoms with van der Waals surface area (Å²) in [5, 5.41) is 12.5. The molecule has 0 radical (unpaired) electrons. The van der Waals surface area contributed by atoms with Gasteiger partial charge in [-0.15, -0.1) is 0 Å². The molecule has 0 saturated heterocycles. The van der Waals surface area contributed by atoms with E-state index < -0.39 is 0 Å². The van der Waals surface area contributed by atoms with E-state index in [-0.39, 0.29) is 12.1 Å². The van der Waals surface area contributed by atoms with Crippen molar-refractivity contribution >= 4 is 21.7 Å². The molecule has 0 bridgehead atoms. The molecule has 0 amide bonds. The summed E-state index contributed by atoms with van der Waals surface area (Å²) in [6.45, 7) is 2.27. The van der Waals surface area contributed by atoms with E-state index in [2.05, 4.69) is 38.1 Å². The molecule has 1 aliphatic rings. The first kappa shape index (κ1) is 11.8. The first-order chi connectivity index (χ1) is 7.67. The molecule has 1 aromatic rings. The van der Waals surface area contributed by atoms with Crippen molar-refractivity contribution in [2.75, 3.05) is 11.9 Å². The maximum absolute atomic E-state index is 9.24. The van der Waals surface area contributed by atoms with Crippen molar-refractivity contribution in [3.05, 3.63) is 16.5 Å². The van der Waals surface area contributed by atoms with Crippen molar-refractivity contribution in [1.29, 1.82) is 0 Å². The van der Waals surface area contributed by atoms with Gasteiger partial charge in [0.15, 0.2) is 0 Å². The van der Waals surface area contributed by atoms with Crippen molar-refractivity contribution in [1.82, 2.24) is 9.97 Å². The predicted octanol–water partition coefficient (Wildman–Crippen LogP) is 2.13. The Morgan fingerprint density at radius 3 is 2.81 bits per heavy atom. The van der Waals surface area contributed by atoms with Crippen molar-refractivity contribution in [3.8, 4) is 0 Å². The smallest absolute Gasteiger partial charge is 0.132 e. The van der Waals surface area contributed by atoms with Gasteiger partial charge in [-0.1, -0.05) is 6.92 Å². The number of nitrogens with one attached hydrogen (secondary N) is 1. The highest BCUT2D eigenvalue weighted by Gasteiger charge is 2.42. The van der Waals surface area contributed by atoms with Crippen LogP contribution < -0.4 is 5.32 Å². The van der Waals surface area contributed by atoms with E-state index in [0.29, 0.717) is 0 Å². The molecule has 0 aliphatic heterocycles. The van der Waals surface area contributed by atoms with Gasteiger partial charge in [-0.3, -0.25) is 0 Å². The number of rotatable bonds is 5. The summed E-state index contributed by atoms with van der Waals surface area (Å²) in [4.78, 5) is 8.74. The first-order valence-electron chi connectivity index (χ1n) is 5.60. The Balaban J connectivity index is 2.14. The molecule has 4 nitrogen and oxygen atoms in total. The van der Waals surface area contributed by atoms with Gasteiger partial charge in [0.25, 0.3) is 0 Å². The highest BCUT2D eigenvalue weighted by Crippen LogP contribution is 2.38. The molecule has 1 aromatic heterocycles. The standard InChI is InChI=1S/C11H16BrN3O/c1-2-3-9-13-8(12)6-10(14-9)15-11(7-16)4-5-11/h6,16H,2-5,7H2,1H3,(H,13,14,15).